The first-order valence-corrected chi connectivity index (χ1v) is 5.53. The van der Waals surface area contributed by atoms with Crippen molar-refractivity contribution in [3.8, 4) is 0 Å². The molecule has 18 heavy (non-hydrogen) atoms. The molecule has 1 aromatic heterocycles. The number of hydrogen-bond acceptors (Lipinski definition) is 4. The lowest BCUT2D eigenvalue weighted by molar-refractivity contribution is -0.149. The van der Waals surface area contributed by atoms with E-state index >= 15 is 0 Å². The van der Waals surface area contributed by atoms with Gasteiger partial charge in [0.2, 0.25) is 11.8 Å². The van der Waals surface area contributed by atoms with Gasteiger partial charge in [-0.05, 0) is 18.1 Å². The quantitative estimate of drug-likeness (QED) is 0.762. The fourth-order valence-corrected chi connectivity index (χ4v) is 2.02. The highest BCUT2D eigenvalue weighted by Crippen LogP contribution is 2.22. The topological polar surface area (TPSA) is 87.6 Å². The number of pyridine rings is 1. The summed E-state index contributed by atoms with van der Waals surface area (Å²) in [5.74, 6) is -2.48. The number of imide groups is 1. The van der Waals surface area contributed by atoms with Crippen LogP contribution in [0.5, 0.6) is 0 Å². The van der Waals surface area contributed by atoms with E-state index in [1.807, 2.05) is 6.07 Å². The average Bonchev–Trinajstić information content (AvgIpc) is 2.58. The number of carboxylic acid groups (broad SMARTS) is 1. The Morgan fingerprint density at radius 1 is 1.50 bits per heavy atom. The van der Waals surface area contributed by atoms with Crippen molar-refractivity contribution in [3.63, 3.8) is 0 Å². The molecule has 2 amide bonds. The van der Waals surface area contributed by atoms with Crippen LogP contribution in [0.1, 0.15) is 12.0 Å². The van der Waals surface area contributed by atoms with Crippen LogP contribution >= 0.6 is 0 Å². The highest BCUT2D eigenvalue weighted by atomic mass is 16.4. The highest BCUT2D eigenvalue weighted by Gasteiger charge is 2.39. The van der Waals surface area contributed by atoms with Crippen LogP contribution in [0.4, 0.5) is 0 Å². The number of carbonyl (C=O) groups is 3. The lowest BCUT2D eigenvalue weighted by Crippen LogP contribution is -2.35. The van der Waals surface area contributed by atoms with Gasteiger partial charge in [0, 0.05) is 18.8 Å². The predicted molar refractivity (Wildman–Crippen MR) is 60.4 cm³/mol. The summed E-state index contributed by atoms with van der Waals surface area (Å²) in [6.07, 6.45) is 3.75. The molecule has 1 N–H and O–H groups in total. The zero-order chi connectivity index (χ0) is 13.1. The van der Waals surface area contributed by atoms with Crippen molar-refractivity contribution < 1.29 is 19.5 Å². The van der Waals surface area contributed by atoms with Crippen molar-refractivity contribution in [2.24, 2.45) is 5.92 Å². The first-order valence-electron chi connectivity index (χ1n) is 5.53. The van der Waals surface area contributed by atoms with Gasteiger partial charge in [0.15, 0.2) is 0 Å². The number of amides is 2. The van der Waals surface area contributed by atoms with Gasteiger partial charge in [0.05, 0.1) is 5.92 Å². The Morgan fingerprint density at radius 3 is 2.89 bits per heavy atom. The van der Waals surface area contributed by atoms with E-state index in [1.54, 1.807) is 18.5 Å². The van der Waals surface area contributed by atoms with Crippen LogP contribution in [0.25, 0.3) is 0 Å². The molecular formula is C12H12N2O4. The van der Waals surface area contributed by atoms with Gasteiger partial charge in [0.1, 0.15) is 6.54 Å². The molecule has 6 heteroatoms. The molecule has 1 saturated heterocycles. The van der Waals surface area contributed by atoms with Gasteiger partial charge < -0.3 is 5.11 Å². The second-order valence-electron chi connectivity index (χ2n) is 4.18. The molecule has 0 saturated carbocycles. The minimum absolute atomic E-state index is 0.0704. The van der Waals surface area contributed by atoms with Gasteiger partial charge in [-0.3, -0.25) is 24.3 Å². The molecular weight excluding hydrogens is 236 g/mol. The molecule has 2 rings (SSSR count). The maximum absolute atomic E-state index is 11.9. The summed E-state index contributed by atoms with van der Waals surface area (Å²) in [5, 5.41) is 8.63. The van der Waals surface area contributed by atoms with Crippen molar-refractivity contribution in [1.82, 2.24) is 9.88 Å². The Bertz CT molecular complexity index is 486. The number of rotatable bonds is 4. The van der Waals surface area contributed by atoms with E-state index in [-0.39, 0.29) is 6.42 Å². The zero-order valence-electron chi connectivity index (χ0n) is 9.57. The molecule has 94 valence electrons. The Labute approximate surface area is 103 Å². The van der Waals surface area contributed by atoms with Crippen molar-refractivity contribution in [2.45, 2.75) is 12.8 Å². The van der Waals surface area contributed by atoms with Crippen molar-refractivity contribution in [3.05, 3.63) is 30.1 Å². The van der Waals surface area contributed by atoms with Crippen LogP contribution in [0.2, 0.25) is 0 Å². The van der Waals surface area contributed by atoms with Crippen molar-refractivity contribution in [2.75, 3.05) is 6.54 Å². The zero-order valence-corrected chi connectivity index (χ0v) is 9.57. The smallest absolute Gasteiger partial charge is 0.323 e. The second-order valence-corrected chi connectivity index (χ2v) is 4.18. The minimum Gasteiger partial charge on any atom is -0.480 e. The van der Waals surface area contributed by atoms with Gasteiger partial charge in [-0.25, -0.2) is 0 Å². The Kier molecular flexibility index (Phi) is 3.36. The normalized spacial score (nSPS) is 19.3. The van der Waals surface area contributed by atoms with Crippen LogP contribution in [0.15, 0.2) is 24.5 Å². The number of likely N-dealkylation sites (tertiary alicyclic amines) is 1. The molecule has 0 aliphatic carbocycles. The van der Waals surface area contributed by atoms with Crippen LogP contribution < -0.4 is 0 Å². The van der Waals surface area contributed by atoms with Crippen molar-refractivity contribution in [1.29, 1.82) is 0 Å². The number of aliphatic carboxylic acids is 1. The molecule has 1 fully saturated rings. The average molecular weight is 248 g/mol. The third-order valence-corrected chi connectivity index (χ3v) is 2.84. The molecule has 0 aromatic carbocycles. The Balaban J connectivity index is 2.06. The summed E-state index contributed by atoms with van der Waals surface area (Å²) in [5.41, 5.74) is 0.862. The van der Waals surface area contributed by atoms with Gasteiger partial charge in [0.25, 0.3) is 0 Å². The maximum Gasteiger partial charge on any atom is 0.323 e. The number of carbonyl (C=O) groups excluding carboxylic acids is 2. The molecule has 2 heterocycles. The third kappa shape index (κ3) is 2.53. The summed E-state index contributed by atoms with van der Waals surface area (Å²) >= 11 is 0. The van der Waals surface area contributed by atoms with E-state index in [0.29, 0.717) is 6.42 Å². The van der Waals surface area contributed by atoms with E-state index < -0.39 is 30.2 Å². The fourth-order valence-electron chi connectivity index (χ4n) is 2.02. The summed E-state index contributed by atoms with van der Waals surface area (Å²) in [4.78, 5) is 38.7. The standard InChI is InChI=1S/C12H12N2O4/c15-10-5-9(4-8-2-1-3-13-6-8)12(18)14(10)7-11(16)17/h1-3,6,9H,4-5,7H2,(H,16,17). The second kappa shape index (κ2) is 4.95. The SMILES string of the molecule is O=C(O)CN1C(=O)CC(Cc2cccnc2)C1=O. The Morgan fingerprint density at radius 2 is 2.28 bits per heavy atom. The molecule has 6 nitrogen and oxygen atoms in total. The van der Waals surface area contributed by atoms with E-state index in [4.69, 9.17) is 5.11 Å². The van der Waals surface area contributed by atoms with E-state index in [1.165, 1.54) is 0 Å². The maximum atomic E-state index is 11.9. The molecule has 0 radical (unpaired) electrons. The summed E-state index contributed by atoms with van der Waals surface area (Å²) < 4.78 is 0. The number of hydrogen-bond donors (Lipinski definition) is 1. The molecule has 0 spiro atoms. The lowest BCUT2D eigenvalue weighted by atomic mass is 9.99. The summed E-state index contributed by atoms with van der Waals surface area (Å²) in [7, 11) is 0. The first kappa shape index (κ1) is 12.2. The van der Waals surface area contributed by atoms with Gasteiger partial charge >= 0.3 is 5.97 Å². The van der Waals surface area contributed by atoms with E-state index in [0.717, 1.165) is 10.5 Å². The van der Waals surface area contributed by atoms with Crippen LogP contribution in [-0.4, -0.2) is 39.3 Å². The van der Waals surface area contributed by atoms with Gasteiger partial charge in [-0.2, -0.15) is 0 Å². The number of aromatic nitrogens is 1. The summed E-state index contributed by atoms with van der Waals surface area (Å²) in [6, 6.07) is 3.58. The van der Waals surface area contributed by atoms with Crippen molar-refractivity contribution >= 4 is 17.8 Å². The molecule has 0 bridgehead atoms. The van der Waals surface area contributed by atoms with E-state index in [2.05, 4.69) is 4.98 Å². The van der Waals surface area contributed by atoms with Gasteiger partial charge in [-0.15, -0.1) is 0 Å². The minimum atomic E-state index is -1.18. The fraction of sp³-hybridized carbons (Fsp3) is 0.333. The van der Waals surface area contributed by atoms with Crippen LogP contribution in [0.3, 0.4) is 0 Å². The van der Waals surface area contributed by atoms with Crippen LogP contribution in [0, 0.1) is 5.92 Å². The largest absolute Gasteiger partial charge is 0.480 e. The summed E-state index contributed by atoms with van der Waals surface area (Å²) in [6.45, 7) is -0.554. The lowest BCUT2D eigenvalue weighted by Gasteiger charge is -2.11. The monoisotopic (exact) mass is 248 g/mol. The van der Waals surface area contributed by atoms with Crippen LogP contribution in [-0.2, 0) is 20.8 Å². The number of nitrogens with zero attached hydrogens (tertiary/aromatic N) is 2. The predicted octanol–water partition coefficient (Wildman–Crippen LogP) is 0.0838. The molecule has 1 atom stereocenters. The van der Waals surface area contributed by atoms with E-state index in [9.17, 15) is 14.4 Å². The Hall–Kier alpha value is -2.24. The molecule has 1 aromatic rings. The third-order valence-electron chi connectivity index (χ3n) is 2.84. The number of carboxylic acids is 1. The molecule has 1 aliphatic heterocycles. The highest BCUT2D eigenvalue weighted by molar-refractivity contribution is 6.05. The van der Waals surface area contributed by atoms with Gasteiger partial charge in [-0.1, -0.05) is 6.07 Å². The first-order chi connectivity index (χ1) is 8.58. The molecule has 1 unspecified atom stereocenters. The molecule has 1 aliphatic rings.